The van der Waals surface area contributed by atoms with Gasteiger partial charge in [-0.25, -0.2) is 0 Å². The van der Waals surface area contributed by atoms with E-state index in [1.807, 2.05) is 73.4 Å². The topological polar surface area (TPSA) is 105 Å². The summed E-state index contributed by atoms with van der Waals surface area (Å²) in [5.41, 5.74) is 6.47. The minimum absolute atomic E-state index is 0.726. The summed E-state index contributed by atoms with van der Waals surface area (Å²) in [6.45, 7) is 0. The van der Waals surface area contributed by atoms with Crippen molar-refractivity contribution in [3.8, 4) is 17.2 Å². The number of rotatable bonds is 9. The number of ether oxygens (including phenoxy) is 3. The summed E-state index contributed by atoms with van der Waals surface area (Å²) in [4.78, 5) is 70.2. The second kappa shape index (κ2) is 31.9. The molecule has 0 fully saturated rings. The fourth-order valence-corrected chi connectivity index (χ4v) is 31.5. The number of aromatic nitrogens is 6. The fraction of sp³-hybridized carbons (Fsp3) is 0.280. The van der Waals surface area contributed by atoms with Gasteiger partial charge in [0.1, 0.15) is 0 Å². The van der Waals surface area contributed by atoms with Crippen LogP contribution in [0.15, 0.2) is 201 Å². The maximum absolute atomic E-state index is 5.33. The van der Waals surface area contributed by atoms with E-state index in [0.717, 1.165) is 55.7 Å². The number of hydrogen-bond acceptors (Lipinski definition) is 9. The van der Waals surface area contributed by atoms with Crippen molar-refractivity contribution in [1.82, 2.24) is 29.9 Å². The summed E-state index contributed by atoms with van der Waals surface area (Å²) in [5.74, 6) is 2.38. The standard InChI is InChI=1S/C11H10NO2.C10H8NO.4C9H6N.18CH3.6Sn/c1-13-10-6-8-4-3-5-12-9(8)7-11(10)14-2;1-12-9-4-5-10-8(7-9)3-2-6-11-10;4*1-2-6-9-8(4-1)5-3-7-10-9;;;;;;;;;;;;;;;;;;;;;;;;/h4-7H,1-2H3;3-7H,1H3;2-7H;1-2,4-7H;1-3,5-7H;1-4,6-7H;18*1H3;;;;;;. The number of benzene rings is 6. The number of pyridine rings is 6. The third kappa shape index (κ3) is 20.7. The van der Waals surface area contributed by atoms with E-state index in [1.54, 1.807) is 32.1 Å². The van der Waals surface area contributed by atoms with Crippen LogP contribution in [0.2, 0.25) is 88.9 Å². The number of nitrogens with zero attached hydrogens (tertiary/aromatic N) is 6. The molecular weight excluding hydrogens is 1750 g/mol. The average molecular weight is 1840 g/mol. The molecule has 0 unspecified atom stereocenters. The second-order valence-electron chi connectivity index (χ2n) is 29.0. The van der Waals surface area contributed by atoms with Gasteiger partial charge in [0.25, 0.3) is 0 Å². The van der Waals surface area contributed by atoms with Gasteiger partial charge in [-0.15, -0.1) is 0 Å². The Morgan fingerprint density at radius 1 is 0.256 bits per heavy atom. The Morgan fingerprint density at radius 3 is 1.19 bits per heavy atom. The zero-order chi connectivity index (χ0) is 65.8. The molecule has 6 heterocycles. The number of hydrogen-bond donors (Lipinski definition) is 0. The van der Waals surface area contributed by atoms with Gasteiger partial charge in [-0.3, -0.25) is 0 Å². The molecular formula is C75H96N6O3Sn6. The van der Waals surface area contributed by atoms with Gasteiger partial charge in [0.05, 0.1) is 0 Å². The SMILES string of the molecule is COc1cc2c[c]([Sn]([CH3])([CH3])[CH3])cnc2cc1OC.COc1ccc2nc[c]([Sn]([CH3])([CH3])[CH3])cc2c1.[CH3][Sn]([CH3])([CH3])[c]1ccc2ncccc2c1.[CH3][Sn]([CH3])([CH3])[c]1cccc2ncccc12.[CH3][Sn]([CH3])([CH3])[c]1ccnc2ccccc12.[CH3][Sn]([CH3])([CH3])[c]1cnc2ccccc2c1. The van der Waals surface area contributed by atoms with Gasteiger partial charge in [-0.2, -0.15) is 0 Å². The van der Waals surface area contributed by atoms with Crippen LogP contribution >= 0.6 is 0 Å². The maximum atomic E-state index is 5.33. The Bertz CT molecular complexity index is 4170. The molecule has 0 N–H and O–H groups in total. The van der Waals surface area contributed by atoms with Crippen molar-refractivity contribution < 1.29 is 14.2 Å². The van der Waals surface area contributed by atoms with Crippen molar-refractivity contribution in [2.24, 2.45) is 0 Å². The molecule has 0 aliphatic heterocycles. The summed E-state index contributed by atoms with van der Waals surface area (Å²) >= 11 is -11.8. The van der Waals surface area contributed by atoms with Gasteiger partial charge >= 0.3 is 570 Å². The van der Waals surface area contributed by atoms with E-state index in [4.69, 9.17) is 14.2 Å². The summed E-state index contributed by atoms with van der Waals surface area (Å²) in [6, 6.07) is 57.4. The molecule has 0 aliphatic carbocycles. The normalized spacial score (nSPS) is 11.8. The van der Waals surface area contributed by atoms with E-state index in [-0.39, 0.29) is 0 Å². The monoisotopic (exact) mass is 1850 g/mol. The van der Waals surface area contributed by atoms with E-state index in [0.29, 0.717) is 0 Å². The van der Waals surface area contributed by atoms with Crippen LogP contribution in [-0.2, 0) is 0 Å². The minimum atomic E-state index is -2.06. The van der Waals surface area contributed by atoms with Crippen LogP contribution in [-0.4, -0.2) is 161 Å². The Labute approximate surface area is 562 Å². The third-order valence-corrected chi connectivity index (χ3v) is 50.4. The molecule has 0 aliphatic rings. The van der Waals surface area contributed by atoms with Crippen molar-refractivity contribution in [3.05, 3.63) is 201 Å². The Kier molecular flexibility index (Phi) is 26.0. The van der Waals surface area contributed by atoms with Crippen molar-refractivity contribution in [3.63, 3.8) is 0 Å². The first-order valence-electron chi connectivity index (χ1n) is 31.1. The first-order chi connectivity index (χ1) is 42.3. The predicted molar refractivity (Wildman–Crippen MR) is 408 cm³/mol. The van der Waals surface area contributed by atoms with Gasteiger partial charge in [-0.05, 0) is 0 Å². The Hall–Kier alpha value is -4.03. The summed E-state index contributed by atoms with van der Waals surface area (Å²) in [6.07, 6.45) is 11.8. The number of fused-ring (bicyclic) bond motifs is 6. The third-order valence-electron chi connectivity index (χ3n) is 15.6. The average Bonchev–Trinajstić information content (AvgIpc) is 0.962. The molecule has 0 saturated heterocycles. The zero-order valence-corrected chi connectivity index (χ0v) is 74.6. The van der Waals surface area contributed by atoms with E-state index in [1.165, 1.54) is 37.7 Å². The molecule has 6 aromatic carbocycles. The number of methoxy groups -OCH3 is 3. The molecule has 0 spiro atoms. The molecule has 468 valence electrons. The van der Waals surface area contributed by atoms with Gasteiger partial charge in [-0.1, -0.05) is 0 Å². The molecule has 15 heteroatoms. The molecule has 0 amide bonds. The van der Waals surface area contributed by atoms with Gasteiger partial charge in [0, 0.05) is 0 Å². The van der Waals surface area contributed by atoms with Crippen LogP contribution < -0.4 is 35.7 Å². The van der Waals surface area contributed by atoms with Crippen LogP contribution in [0.1, 0.15) is 0 Å². The molecule has 0 radical (unpaired) electrons. The van der Waals surface area contributed by atoms with Gasteiger partial charge in [0.15, 0.2) is 0 Å². The first-order valence-corrected chi connectivity index (χ1v) is 91.1. The summed E-state index contributed by atoms with van der Waals surface area (Å²) in [5, 5.41) is 7.57. The van der Waals surface area contributed by atoms with Crippen molar-refractivity contribution in [1.29, 1.82) is 0 Å². The Morgan fingerprint density at radius 2 is 0.644 bits per heavy atom. The van der Waals surface area contributed by atoms with Crippen molar-refractivity contribution in [2.45, 2.75) is 88.9 Å². The zero-order valence-electron chi connectivity index (χ0n) is 57.5. The second-order valence-corrected chi connectivity index (χ2v) is 116. The van der Waals surface area contributed by atoms with Crippen LogP contribution in [0.3, 0.4) is 0 Å². The summed E-state index contributed by atoms with van der Waals surface area (Å²) in [7, 11) is 5.00. The van der Waals surface area contributed by atoms with Crippen LogP contribution in [0.5, 0.6) is 17.2 Å². The van der Waals surface area contributed by atoms with Crippen LogP contribution in [0.25, 0.3) is 65.4 Å². The number of para-hydroxylation sites is 2. The van der Waals surface area contributed by atoms with Crippen LogP contribution in [0, 0.1) is 0 Å². The molecule has 12 aromatic rings. The van der Waals surface area contributed by atoms with Crippen molar-refractivity contribution in [2.75, 3.05) is 21.3 Å². The van der Waals surface area contributed by atoms with Crippen molar-refractivity contribution >= 4 is 197 Å². The quantitative estimate of drug-likeness (QED) is 0.131. The van der Waals surface area contributed by atoms with E-state index < -0.39 is 110 Å². The summed E-state index contributed by atoms with van der Waals surface area (Å²) < 4.78 is 25.0. The fourth-order valence-electron chi connectivity index (χ4n) is 10.0. The van der Waals surface area contributed by atoms with E-state index in [2.05, 4.69) is 246 Å². The van der Waals surface area contributed by atoms with Gasteiger partial charge in [0.2, 0.25) is 0 Å². The predicted octanol–water partition coefficient (Wildman–Crippen LogP) is 16.7. The van der Waals surface area contributed by atoms with E-state index in [9.17, 15) is 0 Å². The van der Waals surface area contributed by atoms with E-state index >= 15 is 0 Å². The molecule has 9 nitrogen and oxygen atoms in total. The molecule has 0 bridgehead atoms. The molecule has 0 saturated carbocycles. The molecule has 0 atom stereocenters. The molecule has 90 heavy (non-hydrogen) atoms. The van der Waals surface area contributed by atoms with Gasteiger partial charge < -0.3 is 0 Å². The molecule has 12 rings (SSSR count). The first kappa shape index (κ1) is 73.4. The molecule has 6 aromatic heterocycles. The van der Waals surface area contributed by atoms with Crippen LogP contribution in [0.4, 0.5) is 0 Å². The Balaban J connectivity index is 0.000000154.